The summed E-state index contributed by atoms with van der Waals surface area (Å²) in [5.74, 6) is 0.977. The van der Waals surface area contributed by atoms with Crippen LogP contribution in [0, 0.1) is 35.5 Å². The largest absolute Gasteiger partial charge is 0.497 e. The van der Waals surface area contributed by atoms with E-state index in [0.717, 1.165) is 73.8 Å². The van der Waals surface area contributed by atoms with Crippen LogP contribution >= 0.6 is 0 Å². The van der Waals surface area contributed by atoms with E-state index in [0.29, 0.717) is 18.3 Å². The van der Waals surface area contributed by atoms with E-state index in [1.54, 1.807) is 13.3 Å². The number of piperidine rings is 3. The second-order valence-electron chi connectivity index (χ2n) is 14.8. The van der Waals surface area contributed by atoms with Gasteiger partial charge in [-0.3, -0.25) is 14.7 Å². The number of methoxy groups -OCH3 is 1. The minimum atomic E-state index is -0.863. The lowest BCUT2D eigenvalue weighted by Gasteiger charge is -2.60. The summed E-state index contributed by atoms with van der Waals surface area (Å²) in [6, 6.07) is 7.66. The number of carbonyl (C=O) groups excluding carboxylic acids is 1. The SMILES string of the molecule is COc1ccc2nccc([C@@H](O)[C@@H]3C[C@@H]4CCN3C[C@@H]4CC(=O)O[C@@H]3O[C@@H]4O[C@@]5(C)CC[C@H]6[C@H](C)CC[C@@H]([C@H]3C)[C@@]46OO5)c2c1. The van der Waals surface area contributed by atoms with Crippen LogP contribution < -0.4 is 4.74 Å². The van der Waals surface area contributed by atoms with Crippen LogP contribution in [0.15, 0.2) is 30.5 Å². The summed E-state index contributed by atoms with van der Waals surface area (Å²) in [5, 5.41) is 12.6. The van der Waals surface area contributed by atoms with Gasteiger partial charge in [0, 0.05) is 48.8 Å². The van der Waals surface area contributed by atoms with Crippen molar-refractivity contribution in [3.05, 3.63) is 36.0 Å². The predicted octanol–water partition coefficient (Wildman–Crippen LogP) is 5.13. The Kier molecular flexibility index (Phi) is 7.43. The average Bonchev–Trinajstić information content (AvgIpc) is 3.28. The molecule has 8 fully saturated rings. The first kappa shape index (κ1) is 30.0. The molecule has 7 saturated heterocycles. The molecule has 1 spiro atoms. The van der Waals surface area contributed by atoms with Gasteiger partial charge in [-0.1, -0.05) is 13.8 Å². The van der Waals surface area contributed by atoms with Crippen molar-refractivity contribution in [3.63, 3.8) is 0 Å². The maximum absolute atomic E-state index is 13.5. The number of ether oxygens (including phenoxy) is 4. The Labute approximate surface area is 264 Å². The normalized spacial score (nSPS) is 44.2. The van der Waals surface area contributed by atoms with Crippen LogP contribution in [-0.4, -0.2) is 71.2 Å². The highest BCUT2D eigenvalue weighted by atomic mass is 17.3. The fourth-order valence-electron chi connectivity index (χ4n) is 9.88. The van der Waals surface area contributed by atoms with Gasteiger partial charge < -0.3 is 24.1 Å². The van der Waals surface area contributed by atoms with E-state index in [9.17, 15) is 9.90 Å². The Morgan fingerprint density at radius 2 is 2.02 bits per heavy atom. The number of carbonyl (C=O) groups is 1. The van der Waals surface area contributed by atoms with Crippen molar-refractivity contribution in [2.45, 2.75) is 102 Å². The number of benzene rings is 1. The van der Waals surface area contributed by atoms with Crippen molar-refractivity contribution in [2.75, 3.05) is 20.2 Å². The van der Waals surface area contributed by atoms with Crippen LogP contribution in [0.4, 0.5) is 0 Å². The van der Waals surface area contributed by atoms with Gasteiger partial charge in [-0.25, -0.2) is 9.78 Å². The Balaban J connectivity index is 0.944. The molecule has 7 aliphatic heterocycles. The van der Waals surface area contributed by atoms with E-state index in [-0.39, 0.29) is 35.7 Å². The summed E-state index contributed by atoms with van der Waals surface area (Å²) < 4.78 is 24.5. The summed E-state index contributed by atoms with van der Waals surface area (Å²) in [5.41, 5.74) is 1.03. The molecular formula is C35H46N2O8. The first-order chi connectivity index (χ1) is 21.7. The number of nitrogens with zero attached hydrogens (tertiary/aromatic N) is 2. The lowest BCUT2D eigenvalue weighted by Crippen LogP contribution is -2.70. The quantitative estimate of drug-likeness (QED) is 0.344. The van der Waals surface area contributed by atoms with Crippen molar-refractivity contribution in [1.29, 1.82) is 0 Å². The molecule has 1 N–H and O–H groups in total. The first-order valence-electron chi connectivity index (χ1n) is 16.9. The molecule has 244 valence electrons. The zero-order valence-electron chi connectivity index (χ0n) is 26.7. The molecular weight excluding hydrogens is 576 g/mol. The number of aromatic nitrogens is 1. The number of aliphatic hydroxyl groups excluding tert-OH is 1. The Bertz CT molecular complexity index is 1460. The molecule has 2 aromatic rings. The number of aliphatic hydroxyl groups is 1. The second kappa shape index (κ2) is 11.1. The van der Waals surface area contributed by atoms with Crippen LogP contribution in [0.5, 0.6) is 5.75 Å². The summed E-state index contributed by atoms with van der Waals surface area (Å²) in [7, 11) is 1.64. The maximum Gasteiger partial charge on any atom is 0.308 e. The Morgan fingerprint density at radius 1 is 1.16 bits per heavy atom. The van der Waals surface area contributed by atoms with Crippen molar-refractivity contribution >= 4 is 16.9 Å². The molecule has 1 aliphatic carbocycles. The van der Waals surface area contributed by atoms with Gasteiger partial charge in [0.2, 0.25) is 12.1 Å². The molecule has 1 aromatic carbocycles. The van der Waals surface area contributed by atoms with E-state index in [2.05, 4.69) is 23.7 Å². The van der Waals surface area contributed by atoms with E-state index in [1.165, 1.54) is 0 Å². The standard InChI is InChI=1S/C35H46N2O8/c1-19-5-7-27-20(2)32(42-33-35(27)26(19)9-12-34(3,43-33)44-45-35)41-30(38)16-22-18-37-14-11-21(22)15-29(37)31(39)24-10-13-36-28-8-6-23(40-4)17-25(24)28/h6,8,10,13,17,19-22,26-27,29,31-33,39H,5,7,9,11-12,14-16,18H2,1-4H3/t19-,20-,21+,22+,26+,27+,29+,31-,32-,33-,34-,35-/m1/s1. The molecule has 10 heteroatoms. The molecule has 13 atom stereocenters. The third-order valence-corrected chi connectivity index (χ3v) is 12.4. The van der Waals surface area contributed by atoms with E-state index in [1.807, 2.05) is 31.2 Å². The minimum absolute atomic E-state index is 0.0151. The van der Waals surface area contributed by atoms with Crippen LogP contribution in [0.2, 0.25) is 0 Å². The Hall–Kier alpha value is -2.34. The smallest absolute Gasteiger partial charge is 0.308 e. The van der Waals surface area contributed by atoms with Crippen LogP contribution in [0.25, 0.3) is 10.9 Å². The lowest BCUT2D eigenvalue weighted by molar-refractivity contribution is -0.576. The third kappa shape index (κ3) is 4.81. The van der Waals surface area contributed by atoms with E-state index < -0.39 is 30.1 Å². The highest BCUT2D eigenvalue weighted by Gasteiger charge is 2.69. The van der Waals surface area contributed by atoms with Gasteiger partial charge in [0.25, 0.3) is 0 Å². The maximum atomic E-state index is 13.5. The molecule has 10 rings (SSSR count). The van der Waals surface area contributed by atoms with Crippen LogP contribution in [0.1, 0.15) is 77.4 Å². The summed E-state index contributed by atoms with van der Waals surface area (Å²) in [6.07, 6.45) is 5.73. The van der Waals surface area contributed by atoms with Gasteiger partial charge in [-0.05, 0) is 99.1 Å². The van der Waals surface area contributed by atoms with Gasteiger partial charge in [-0.2, -0.15) is 0 Å². The number of rotatable bonds is 6. The highest BCUT2D eigenvalue weighted by Crippen LogP contribution is 2.60. The molecule has 8 heterocycles. The number of hydrogen-bond acceptors (Lipinski definition) is 10. The number of esters is 1. The fourth-order valence-corrected chi connectivity index (χ4v) is 9.88. The van der Waals surface area contributed by atoms with E-state index >= 15 is 0 Å². The minimum Gasteiger partial charge on any atom is -0.497 e. The summed E-state index contributed by atoms with van der Waals surface area (Å²) in [6.45, 7) is 7.99. The van der Waals surface area contributed by atoms with Gasteiger partial charge in [-0.15, -0.1) is 0 Å². The fraction of sp³-hybridized carbons (Fsp3) is 0.714. The highest BCUT2D eigenvalue weighted by molar-refractivity contribution is 5.84. The van der Waals surface area contributed by atoms with Gasteiger partial charge in [0.15, 0.2) is 11.9 Å². The molecule has 1 aromatic heterocycles. The van der Waals surface area contributed by atoms with Gasteiger partial charge >= 0.3 is 5.97 Å². The lowest BCUT2D eigenvalue weighted by atomic mass is 9.58. The molecule has 0 amide bonds. The van der Waals surface area contributed by atoms with Crippen molar-refractivity contribution < 1.29 is 38.6 Å². The predicted molar refractivity (Wildman–Crippen MR) is 162 cm³/mol. The molecule has 1 unspecified atom stereocenters. The van der Waals surface area contributed by atoms with Gasteiger partial charge in [0.05, 0.1) is 18.7 Å². The molecule has 4 bridgehead atoms. The number of hydrogen-bond donors (Lipinski definition) is 1. The number of pyridine rings is 1. The molecule has 1 saturated carbocycles. The zero-order chi connectivity index (χ0) is 31.1. The first-order valence-corrected chi connectivity index (χ1v) is 16.9. The molecule has 8 aliphatic rings. The average molecular weight is 623 g/mol. The second-order valence-corrected chi connectivity index (χ2v) is 14.8. The van der Waals surface area contributed by atoms with E-state index in [4.69, 9.17) is 28.7 Å². The summed E-state index contributed by atoms with van der Waals surface area (Å²) >= 11 is 0. The van der Waals surface area contributed by atoms with Gasteiger partial charge in [0.1, 0.15) is 5.75 Å². The molecule has 45 heavy (non-hydrogen) atoms. The third-order valence-electron chi connectivity index (χ3n) is 12.4. The van der Waals surface area contributed by atoms with Crippen molar-refractivity contribution in [3.8, 4) is 5.75 Å². The van der Waals surface area contributed by atoms with Crippen molar-refractivity contribution in [2.24, 2.45) is 35.5 Å². The van der Waals surface area contributed by atoms with Crippen LogP contribution in [-0.2, 0) is 28.8 Å². The zero-order valence-corrected chi connectivity index (χ0v) is 26.7. The van der Waals surface area contributed by atoms with Crippen molar-refractivity contribution in [1.82, 2.24) is 9.88 Å². The topological polar surface area (TPSA) is 109 Å². The summed E-state index contributed by atoms with van der Waals surface area (Å²) in [4.78, 5) is 32.5. The molecule has 10 nitrogen and oxygen atoms in total. The molecule has 0 radical (unpaired) electrons. The monoisotopic (exact) mass is 622 g/mol. The number of fused-ring (bicyclic) bond motifs is 6. The Morgan fingerprint density at radius 3 is 2.82 bits per heavy atom. The van der Waals surface area contributed by atoms with Crippen LogP contribution in [0.3, 0.4) is 0 Å².